The zero-order valence-electron chi connectivity index (χ0n) is 8.88. The second-order valence-electron chi connectivity index (χ2n) is 3.56. The minimum atomic E-state index is 0.0208. The van der Waals surface area contributed by atoms with Crippen LogP contribution in [-0.4, -0.2) is 15.9 Å². The van der Waals surface area contributed by atoms with Crippen LogP contribution >= 0.6 is 11.6 Å². The first-order chi connectivity index (χ1) is 7.69. The van der Waals surface area contributed by atoms with E-state index in [0.29, 0.717) is 11.7 Å². The number of halogens is 1. The highest BCUT2D eigenvalue weighted by molar-refractivity contribution is 6.29. The van der Waals surface area contributed by atoms with Crippen LogP contribution in [0.25, 0.3) is 11.0 Å². The fourth-order valence-electron chi connectivity index (χ4n) is 1.51. The molecule has 1 heterocycles. The number of nitrogens with zero attached hydrogens (tertiary/aromatic N) is 1. The number of rotatable bonds is 3. The Labute approximate surface area is 98.0 Å². The van der Waals surface area contributed by atoms with Gasteiger partial charge in [0.1, 0.15) is 0 Å². The molecule has 0 atom stereocenters. The van der Waals surface area contributed by atoms with E-state index in [2.05, 4.69) is 15.3 Å². The van der Waals surface area contributed by atoms with Gasteiger partial charge in [0, 0.05) is 12.1 Å². The number of carbonyl (C=O) groups is 1. The van der Waals surface area contributed by atoms with Gasteiger partial charge in [-0.05, 0) is 36.2 Å². The molecule has 2 rings (SSSR count). The van der Waals surface area contributed by atoms with E-state index in [4.69, 9.17) is 11.6 Å². The molecule has 0 aliphatic heterocycles. The molecule has 1 aromatic heterocycles. The van der Waals surface area contributed by atoms with Crippen molar-refractivity contribution in [3.8, 4) is 0 Å². The van der Waals surface area contributed by atoms with Crippen LogP contribution in [0.3, 0.4) is 0 Å². The van der Waals surface area contributed by atoms with Gasteiger partial charge in [0.05, 0.1) is 11.0 Å². The maximum Gasteiger partial charge on any atom is 0.224 e. The second-order valence-corrected chi connectivity index (χ2v) is 3.92. The zero-order valence-corrected chi connectivity index (χ0v) is 9.64. The van der Waals surface area contributed by atoms with Crippen molar-refractivity contribution in [1.82, 2.24) is 9.97 Å². The molecule has 0 bridgehead atoms. The number of hydrogen-bond donors (Lipinski definition) is 2. The number of aromatic nitrogens is 2. The average molecular weight is 238 g/mol. The Kier molecular flexibility index (Phi) is 3.10. The maximum absolute atomic E-state index is 11.4. The predicted octanol–water partition coefficient (Wildman–Crippen LogP) is 2.95. The Morgan fingerprint density at radius 2 is 2.38 bits per heavy atom. The number of carbonyl (C=O) groups excluding carboxylic acids is 1. The van der Waals surface area contributed by atoms with E-state index in [0.717, 1.165) is 23.1 Å². The number of aromatic amines is 1. The van der Waals surface area contributed by atoms with E-state index in [9.17, 15) is 4.79 Å². The summed E-state index contributed by atoms with van der Waals surface area (Å²) in [6, 6.07) is 5.45. The molecule has 1 aromatic carbocycles. The molecule has 0 aliphatic rings. The van der Waals surface area contributed by atoms with E-state index in [-0.39, 0.29) is 5.91 Å². The van der Waals surface area contributed by atoms with Gasteiger partial charge in [-0.2, -0.15) is 0 Å². The minimum Gasteiger partial charge on any atom is -0.329 e. The zero-order chi connectivity index (χ0) is 11.5. The van der Waals surface area contributed by atoms with E-state index in [1.165, 1.54) is 0 Å². The standard InChI is InChI=1S/C11H12ClN3O/c1-2-3-10(16)13-7-4-5-8-9(6-7)15-11(12)14-8/h4-6H,2-3H2,1H3,(H,13,16)(H,14,15). The summed E-state index contributed by atoms with van der Waals surface area (Å²) in [5.41, 5.74) is 2.36. The van der Waals surface area contributed by atoms with Crippen LogP contribution in [0.2, 0.25) is 5.28 Å². The Morgan fingerprint density at radius 1 is 1.56 bits per heavy atom. The van der Waals surface area contributed by atoms with Gasteiger partial charge >= 0.3 is 0 Å². The number of nitrogens with one attached hydrogen (secondary N) is 2. The Morgan fingerprint density at radius 3 is 3.12 bits per heavy atom. The molecule has 0 aliphatic carbocycles. The van der Waals surface area contributed by atoms with Crippen LogP contribution < -0.4 is 5.32 Å². The lowest BCUT2D eigenvalue weighted by atomic mass is 10.2. The third-order valence-corrected chi connectivity index (χ3v) is 2.39. The first kappa shape index (κ1) is 11.0. The number of fused-ring (bicyclic) bond motifs is 1. The van der Waals surface area contributed by atoms with Gasteiger partial charge in [-0.15, -0.1) is 0 Å². The summed E-state index contributed by atoms with van der Waals surface area (Å²) in [5.74, 6) is 0.0208. The third kappa shape index (κ3) is 2.33. The van der Waals surface area contributed by atoms with Crippen LogP contribution in [0.1, 0.15) is 19.8 Å². The summed E-state index contributed by atoms with van der Waals surface area (Å²) in [7, 11) is 0. The molecule has 0 radical (unpaired) electrons. The van der Waals surface area contributed by atoms with Gasteiger partial charge in [-0.3, -0.25) is 4.79 Å². The van der Waals surface area contributed by atoms with Crippen LogP contribution in [0.4, 0.5) is 5.69 Å². The summed E-state index contributed by atoms with van der Waals surface area (Å²) in [6.45, 7) is 1.97. The van der Waals surface area contributed by atoms with Crippen molar-refractivity contribution in [2.24, 2.45) is 0 Å². The Balaban J connectivity index is 2.22. The first-order valence-corrected chi connectivity index (χ1v) is 5.52. The smallest absolute Gasteiger partial charge is 0.224 e. The largest absolute Gasteiger partial charge is 0.329 e. The van der Waals surface area contributed by atoms with Crippen molar-refractivity contribution < 1.29 is 4.79 Å². The molecule has 2 N–H and O–H groups in total. The number of benzene rings is 1. The lowest BCUT2D eigenvalue weighted by molar-refractivity contribution is -0.116. The molecule has 5 heteroatoms. The average Bonchev–Trinajstić information content (AvgIpc) is 2.57. The number of anilines is 1. The van der Waals surface area contributed by atoms with Crippen LogP contribution in [-0.2, 0) is 4.79 Å². The molecular weight excluding hydrogens is 226 g/mol. The van der Waals surface area contributed by atoms with E-state index < -0.39 is 0 Å². The summed E-state index contributed by atoms with van der Waals surface area (Å²) in [5, 5.41) is 3.17. The topological polar surface area (TPSA) is 57.8 Å². The SMILES string of the molecule is CCCC(=O)Nc1ccc2nc(Cl)[nH]c2c1. The van der Waals surface area contributed by atoms with Crippen LogP contribution in [0.5, 0.6) is 0 Å². The van der Waals surface area contributed by atoms with Crippen molar-refractivity contribution in [2.75, 3.05) is 5.32 Å². The van der Waals surface area contributed by atoms with Gasteiger partial charge in [0.2, 0.25) is 11.2 Å². The molecule has 0 saturated carbocycles. The predicted molar refractivity (Wildman–Crippen MR) is 64.6 cm³/mol. The van der Waals surface area contributed by atoms with Gasteiger partial charge in [-0.1, -0.05) is 6.92 Å². The number of H-pyrrole nitrogens is 1. The van der Waals surface area contributed by atoms with Crippen LogP contribution in [0.15, 0.2) is 18.2 Å². The summed E-state index contributed by atoms with van der Waals surface area (Å²) in [6.07, 6.45) is 1.37. The van der Waals surface area contributed by atoms with Gasteiger partial charge in [0.25, 0.3) is 0 Å². The van der Waals surface area contributed by atoms with Crippen molar-refractivity contribution in [1.29, 1.82) is 0 Å². The van der Waals surface area contributed by atoms with Gasteiger partial charge in [-0.25, -0.2) is 4.98 Å². The summed E-state index contributed by atoms with van der Waals surface area (Å²) < 4.78 is 0. The molecule has 0 saturated heterocycles. The highest BCUT2D eigenvalue weighted by atomic mass is 35.5. The van der Waals surface area contributed by atoms with Crippen molar-refractivity contribution in [3.05, 3.63) is 23.5 Å². The Hall–Kier alpha value is -1.55. The van der Waals surface area contributed by atoms with Gasteiger partial charge < -0.3 is 10.3 Å². The molecule has 4 nitrogen and oxygen atoms in total. The molecule has 1 amide bonds. The lowest BCUT2D eigenvalue weighted by Crippen LogP contribution is -2.10. The second kappa shape index (κ2) is 4.53. The molecular formula is C11H12ClN3O. The molecule has 84 valence electrons. The van der Waals surface area contributed by atoms with Crippen molar-refractivity contribution >= 4 is 34.2 Å². The summed E-state index contributed by atoms with van der Waals surface area (Å²) in [4.78, 5) is 18.4. The Bertz CT molecular complexity index is 521. The molecule has 0 spiro atoms. The summed E-state index contributed by atoms with van der Waals surface area (Å²) >= 11 is 5.74. The minimum absolute atomic E-state index is 0.0208. The molecule has 0 fully saturated rings. The molecule has 2 aromatic rings. The highest BCUT2D eigenvalue weighted by Gasteiger charge is 2.04. The number of imidazole rings is 1. The van der Waals surface area contributed by atoms with E-state index in [1.54, 1.807) is 0 Å². The van der Waals surface area contributed by atoms with Crippen LogP contribution in [0, 0.1) is 0 Å². The van der Waals surface area contributed by atoms with Gasteiger partial charge in [0.15, 0.2) is 0 Å². The quantitative estimate of drug-likeness (QED) is 0.862. The highest BCUT2D eigenvalue weighted by Crippen LogP contribution is 2.19. The van der Waals surface area contributed by atoms with Crippen molar-refractivity contribution in [3.63, 3.8) is 0 Å². The molecule has 0 unspecified atom stereocenters. The number of hydrogen-bond acceptors (Lipinski definition) is 2. The third-order valence-electron chi connectivity index (χ3n) is 2.21. The lowest BCUT2D eigenvalue weighted by Gasteiger charge is -2.03. The fraction of sp³-hybridized carbons (Fsp3) is 0.273. The monoisotopic (exact) mass is 237 g/mol. The normalized spacial score (nSPS) is 10.6. The first-order valence-electron chi connectivity index (χ1n) is 5.14. The van der Waals surface area contributed by atoms with E-state index in [1.807, 2.05) is 25.1 Å². The van der Waals surface area contributed by atoms with Crippen molar-refractivity contribution in [2.45, 2.75) is 19.8 Å². The molecule has 16 heavy (non-hydrogen) atoms. The maximum atomic E-state index is 11.4. The fourth-order valence-corrected chi connectivity index (χ4v) is 1.70. The van der Waals surface area contributed by atoms with E-state index >= 15 is 0 Å². The number of amides is 1.